The Morgan fingerprint density at radius 1 is 1.32 bits per heavy atom. The second-order valence-corrected chi connectivity index (χ2v) is 6.07. The Labute approximate surface area is 120 Å². The summed E-state index contributed by atoms with van der Waals surface area (Å²) in [6.45, 7) is 5.46. The largest absolute Gasteiger partial charge is 0.444 e. The van der Waals surface area contributed by atoms with Crippen molar-refractivity contribution in [3.63, 3.8) is 0 Å². The number of ether oxygens (including phenoxy) is 1. The molecule has 0 saturated carbocycles. The van der Waals surface area contributed by atoms with E-state index >= 15 is 0 Å². The summed E-state index contributed by atoms with van der Waals surface area (Å²) in [6.07, 6.45) is 1.15. The number of nitrogens with zero attached hydrogens (tertiary/aromatic N) is 1. The van der Waals surface area contributed by atoms with E-state index in [9.17, 15) is 4.79 Å². The van der Waals surface area contributed by atoms with Gasteiger partial charge in [-0.1, -0.05) is 15.9 Å². The number of carbonyl (C=O) groups excluding carboxylic acids is 1. The van der Waals surface area contributed by atoms with Crippen molar-refractivity contribution >= 4 is 38.6 Å². The summed E-state index contributed by atoms with van der Waals surface area (Å²) in [7, 11) is 0. The van der Waals surface area contributed by atoms with Crippen molar-refractivity contribution in [3.05, 3.63) is 34.9 Å². The zero-order valence-corrected chi connectivity index (χ0v) is 12.6. The molecule has 0 aliphatic rings. The summed E-state index contributed by atoms with van der Waals surface area (Å²) in [5, 5.41) is 4.54. The maximum atomic E-state index is 11.8. The van der Waals surface area contributed by atoms with Crippen molar-refractivity contribution in [1.82, 2.24) is 4.98 Å². The van der Waals surface area contributed by atoms with E-state index in [1.165, 1.54) is 0 Å². The highest BCUT2D eigenvalue weighted by molar-refractivity contribution is 9.10. The van der Waals surface area contributed by atoms with Crippen molar-refractivity contribution in [2.45, 2.75) is 26.4 Å². The normalized spacial score (nSPS) is 11.4. The van der Waals surface area contributed by atoms with Crippen LogP contribution in [-0.4, -0.2) is 16.7 Å². The number of amides is 1. The SMILES string of the molecule is CC(C)(C)OC(=O)Nc1nccc2cc(Br)ccc12. The molecule has 100 valence electrons. The highest BCUT2D eigenvalue weighted by Crippen LogP contribution is 2.24. The van der Waals surface area contributed by atoms with Crippen LogP contribution < -0.4 is 5.32 Å². The van der Waals surface area contributed by atoms with Crippen molar-refractivity contribution in [2.24, 2.45) is 0 Å². The summed E-state index contributed by atoms with van der Waals surface area (Å²) < 4.78 is 6.20. The fourth-order valence-corrected chi connectivity index (χ4v) is 2.03. The molecule has 2 rings (SSSR count). The van der Waals surface area contributed by atoms with Crippen molar-refractivity contribution in [1.29, 1.82) is 0 Å². The fraction of sp³-hybridized carbons (Fsp3) is 0.286. The van der Waals surface area contributed by atoms with E-state index in [0.717, 1.165) is 15.2 Å². The first-order valence-electron chi connectivity index (χ1n) is 5.89. The molecule has 2 aromatic rings. The van der Waals surface area contributed by atoms with Crippen molar-refractivity contribution in [3.8, 4) is 0 Å². The molecule has 0 radical (unpaired) electrons. The lowest BCUT2D eigenvalue weighted by molar-refractivity contribution is 0.0635. The van der Waals surface area contributed by atoms with Crippen LogP contribution in [0.3, 0.4) is 0 Å². The molecule has 4 nitrogen and oxygen atoms in total. The number of carbonyl (C=O) groups is 1. The van der Waals surface area contributed by atoms with E-state index in [0.29, 0.717) is 5.82 Å². The topological polar surface area (TPSA) is 51.2 Å². The molecule has 0 fully saturated rings. The Morgan fingerprint density at radius 3 is 2.74 bits per heavy atom. The number of fused-ring (bicyclic) bond motifs is 1. The number of rotatable bonds is 1. The van der Waals surface area contributed by atoms with Crippen LogP contribution in [0.25, 0.3) is 10.8 Å². The van der Waals surface area contributed by atoms with Crippen LogP contribution in [0.1, 0.15) is 20.8 Å². The summed E-state index contributed by atoms with van der Waals surface area (Å²) in [5.74, 6) is 0.499. The second kappa shape index (κ2) is 5.17. The number of hydrogen-bond donors (Lipinski definition) is 1. The third kappa shape index (κ3) is 3.67. The Hall–Kier alpha value is -1.62. The first-order valence-corrected chi connectivity index (χ1v) is 6.69. The maximum Gasteiger partial charge on any atom is 0.413 e. The molecule has 0 unspecified atom stereocenters. The lowest BCUT2D eigenvalue weighted by Gasteiger charge is -2.19. The van der Waals surface area contributed by atoms with E-state index in [4.69, 9.17) is 4.74 Å². The summed E-state index contributed by atoms with van der Waals surface area (Å²) in [5.41, 5.74) is -0.530. The first-order chi connectivity index (χ1) is 8.85. The van der Waals surface area contributed by atoms with Crippen molar-refractivity contribution < 1.29 is 9.53 Å². The molecule has 1 aromatic heterocycles. The number of halogens is 1. The van der Waals surface area contributed by atoms with Gasteiger partial charge in [-0.05, 0) is 50.4 Å². The minimum absolute atomic E-state index is 0.499. The van der Waals surface area contributed by atoms with Gasteiger partial charge in [-0.15, -0.1) is 0 Å². The number of benzene rings is 1. The number of nitrogens with one attached hydrogen (secondary N) is 1. The molecule has 1 aromatic carbocycles. The van der Waals surface area contributed by atoms with E-state index in [-0.39, 0.29) is 0 Å². The van der Waals surface area contributed by atoms with E-state index < -0.39 is 11.7 Å². The van der Waals surface area contributed by atoms with Gasteiger partial charge in [-0.2, -0.15) is 0 Å². The van der Waals surface area contributed by atoms with Gasteiger partial charge in [0.25, 0.3) is 0 Å². The Kier molecular flexibility index (Phi) is 3.75. The minimum atomic E-state index is -0.530. The van der Waals surface area contributed by atoms with Gasteiger partial charge in [0.1, 0.15) is 11.4 Å². The third-order valence-electron chi connectivity index (χ3n) is 2.35. The van der Waals surface area contributed by atoms with Crippen LogP contribution in [0, 0.1) is 0 Å². The maximum absolute atomic E-state index is 11.8. The average Bonchev–Trinajstić information content (AvgIpc) is 2.26. The van der Waals surface area contributed by atoms with Crippen molar-refractivity contribution in [2.75, 3.05) is 5.32 Å². The first kappa shape index (κ1) is 13.8. The molecule has 0 atom stereocenters. The van der Waals surface area contributed by atoms with Gasteiger partial charge in [-0.25, -0.2) is 9.78 Å². The molecule has 0 aliphatic heterocycles. The molecular weight excluding hydrogens is 308 g/mol. The lowest BCUT2D eigenvalue weighted by atomic mass is 10.1. The molecular formula is C14H15BrN2O2. The van der Waals surface area contributed by atoms with Crippen LogP contribution in [-0.2, 0) is 4.74 Å². The summed E-state index contributed by atoms with van der Waals surface area (Å²) in [6, 6.07) is 7.67. The molecule has 0 aliphatic carbocycles. The van der Waals surface area contributed by atoms with Crippen LogP contribution in [0.5, 0.6) is 0 Å². The monoisotopic (exact) mass is 322 g/mol. The zero-order valence-electron chi connectivity index (χ0n) is 11.0. The molecule has 5 heteroatoms. The standard InChI is InChI=1S/C14H15BrN2O2/c1-14(2,3)19-13(18)17-12-11-5-4-10(15)8-9(11)6-7-16-12/h4-8H,1-3H3,(H,16,17,18). The third-order valence-corrected chi connectivity index (χ3v) is 2.84. The molecule has 0 saturated heterocycles. The smallest absolute Gasteiger partial charge is 0.413 e. The van der Waals surface area contributed by atoms with Crippen LogP contribution >= 0.6 is 15.9 Å². The highest BCUT2D eigenvalue weighted by atomic mass is 79.9. The molecule has 1 amide bonds. The van der Waals surface area contributed by atoms with E-state index in [1.807, 2.05) is 45.0 Å². The van der Waals surface area contributed by atoms with Crippen LogP contribution in [0.4, 0.5) is 10.6 Å². The predicted molar refractivity (Wildman–Crippen MR) is 79.3 cm³/mol. The van der Waals surface area contributed by atoms with Gasteiger partial charge in [-0.3, -0.25) is 5.32 Å². The number of anilines is 1. The summed E-state index contributed by atoms with van der Waals surface area (Å²) >= 11 is 3.42. The highest BCUT2D eigenvalue weighted by Gasteiger charge is 2.17. The molecule has 0 spiro atoms. The van der Waals surface area contributed by atoms with E-state index in [1.54, 1.807) is 6.20 Å². The number of pyridine rings is 1. The summed E-state index contributed by atoms with van der Waals surface area (Å²) in [4.78, 5) is 15.9. The lowest BCUT2D eigenvalue weighted by Crippen LogP contribution is -2.27. The number of hydrogen-bond acceptors (Lipinski definition) is 3. The molecule has 1 N–H and O–H groups in total. The Bertz CT molecular complexity index is 620. The molecule has 1 heterocycles. The quantitative estimate of drug-likeness (QED) is 0.849. The van der Waals surface area contributed by atoms with Crippen LogP contribution in [0.15, 0.2) is 34.9 Å². The molecule has 0 bridgehead atoms. The number of aromatic nitrogens is 1. The van der Waals surface area contributed by atoms with Gasteiger partial charge < -0.3 is 4.74 Å². The van der Waals surface area contributed by atoms with Gasteiger partial charge in [0.2, 0.25) is 0 Å². The van der Waals surface area contributed by atoms with E-state index in [2.05, 4.69) is 26.2 Å². The molecule has 19 heavy (non-hydrogen) atoms. The average molecular weight is 323 g/mol. The van der Waals surface area contributed by atoms with Crippen LogP contribution in [0.2, 0.25) is 0 Å². The van der Waals surface area contributed by atoms with Gasteiger partial charge >= 0.3 is 6.09 Å². The van der Waals surface area contributed by atoms with Gasteiger partial charge in [0.05, 0.1) is 0 Å². The Balaban J connectivity index is 2.28. The Morgan fingerprint density at radius 2 is 2.05 bits per heavy atom. The van der Waals surface area contributed by atoms with Gasteiger partial charge in [0, 0.05) is 16.1 Å². The zero-order chi connectivity index (χ0) is 14.0. The minimum Gasteiger partial charge on any atom is -0.444 e. The van der Waals surface area contributed by atoms with Gasteiger partial charge in [0.15, 0.2) is 0 Å². The second-order valence-electron chi connectivity index (χ2n) is 5.15. The fourth-order valence-electron chi connectivity index (χ4n) is 1.65. The predicted octanol–water partition coefficient (Wildman–Crippen LogP) is 4.34.